The highest BCUT2D eigenvalue weighted by atomic mass is 35.5. The summed E-state index contributed by atoms with van der Waals surface area (Å²) in [5.41, 5.74) is 2.61. The van der Waals surface area contributed by atoms with Crippen molar-refractivity contribution in [1.82, 2.24) is 14.9 Å². The molecule has 0 aliphatic rings. The first-order valence-corrected chi connectivity index (χ1v) is 10.6. The smallest absolute Gasteiger partial charge is 0.251 e. The lowest BCUT2D eigenvalue weighted by atomic mass is 10.0. The van der Waals surface area contributed by atoms with Crippen LogP contribution in [0.5, 0.6) is 0 Å². The minimum atomic E-state index is -0.370. The van der Waals surface area contributed by atoms with Gasteiger partial charge in [0.2, 0.25) is 0 Å². The van der Waals surface area contributed by atoms with Crippen LogP contribution >= 0.6 is 11.6 Å². The fourth-order valence-corrected chi connectivity index (χ4v) is 3.91. The summed E-state index contributed by atoms with van der Waals surface area (Å²) >= 11 is 6.31. The predicted octanol–water partition coefficient (Wildman–Crippen LogP) is 6.00. The van der Waals surface area contributed by atoms with Gasteiger partial charge in [0, 0.05) is 16.1 Å². The number of carbonyl (C=O) groups excluding carboxylic acids is 1. The highest BCUT2D eigenvalue weighted by Crippen LogP contribution is 2.29. The lowest BCUT2D eigenvalue weighted by molar-refractivity contribution is 0.0922. The van der Waals surface area contributed by atoms with E-state index in [0.717, 1.165) is 11.0 Å². The van der Waals surface area contributed by atoms with E-state index >= 15 is 0 Å². The van der Waals surface area contributed by atoms with Gasteiger partial charge in [0.05, 0.1) is 23.6 Å². The highest BCUT2D eigenvalue weighted by Gasteiger charge is 2.26. The summed E-state index contributed by atoms with van der Waals surface area (Å²) in [5.74, 6) is 0.173. The van der Waals surface area contributed by atoms with Gasteiger partial charge < -0.3 is 9.88 Å². The molecule has 4 nitrogen and oxygen atoms in total. The van der Waals surface area contributed by atoms with Crippen molar-refractivity contribution in [3.05, 3.63) is 101 Å². The SMILES string of the molecule is CC(C)C(NC(=O)c1ccccc1)c1nc2ccccc2n1Cc1c(F)cccc1Cl. The van der Waals surface area contributed by atoms with Crippen LogP contribution in [0.4, 0.5) is 4.39 Å². The molecule has 1 N–H and O–H groups in total. The monoisotopic (exact) mass is 435 g/mol. The first-order chi connectivity index (χ1) is 15.0. The van der Waals surface area contributed by atoms with Crippen molar-refractivity contribution < 1.29 is 9.18 Å². The molecule has 0 spiro atoms. The average Bonchev–Trinajstić information content (AvgIpc) is 3.13. The number of amides is 1. The summed E-state index contributed by atoms with van der Waals surface area (Å²) in [4.78, 5) is 17.7. The summed E-state index contributed by atoms with van der Waals surface area (Å²) in [6, 6.07) is 21.0. The molecule has 1 heterocycles. The quantitative estimate of drug-likeness (QED) is 0.403. The third-order valence-corrected chi connectivity index (χ3v) is 5.68. The number of nitrogens with one attached hydrogen (secondary N) is 1. The third kappa shape index (κ3) is 4.32. The van der Waals surface area contributed by atoms with Gasteiger partial charge in [-0.25, -0.2) is 9.37 Å². The summed E-state index contributed by atoms with van der Waals surface area (Å²) in [6.45, 7) is 4.26. The van der Waals surface area contributed by atoms with Gasteiger partial charge >= 0.3 is 0 Å². The molecule has 1 atom stereocenters. The maximum absolute atomic E-state index is 14.6. The summed E-state index contributed by atoms with van der Waals surface area (Å²) in [6.07, 6.45) is 0. The zero-order chi connectivity index (χ0) is 22.0. The Kier molecular flexibility index (Phi) is 6.05. The predicted molar refractivity (Wildman–Crippen MR) is 122 cm³/mol. The maximum Gasteiger partial charge on any atom is 0.251 e. The molecule has 0 aliphatic heterocycles. The number of para-hydroxylation sites is 2. The summed E-state index contributed by atoms with van der Waals surface area (Å²) in [5, 5.41) is 3.48. The lowest BCUT2D eigenvalue weighted by Gasteiger charge is -2.24. The first-order valence-electron chi connectivity index (χ1n) is 10.2. The number of rotatable bonds is 6. The zero-order valence-electron chi connectivity index (χ0n) is 17.3. The second kappa shape index (κ2) is 8.90. The van der Waals surface area contributed by atoms with E-state index in [1.807, 2.05) is 60.9 Å². The normalized spacial score (nSPS) is 12.3. The molecule has 0 radical (unpaired) electrons. The summed E-state index contributed by atoms with van der Waals surface area (Å²) < 4.78 is 16.5. The van der Waals surface area contributed by atoms with Gasteiger partial charge in [-0.2, -0.15) is 0 Å². The van der Waals surface area contributed by atoms with Crippen LogP contribution in [0.15, 0.2) is 72.8 Å². The fourth-order valence-electron chi connectivity index (χ4n) is 3.68. The number of fused-ring (bicyclic) bond motifs is 1. The number of benzene rings is 3. The van der Waals surface area contributed by atoms with E-state index in [2.05, 4.69) is 5.32 Å². The molecule has 1 amide bonds. The van der Waals surface area contributed by atoms with Crippen molar-refractivity contribution in [2.75, 3.05) is 0 Å². The molecule has 158 valence electrons. The molecule has 0 bridgehead atoms. The van der Waals surface area contributed by atoms with Gasteiger partial charge in [0.15, 0.2) is 0 Å². The second-order valence-corrected chi connectivity index (χ2v) is 8.21. The Morgan fingerprint density at radius 3 is 2.45 bits per heavy atom. The highest BCUT2D eigenvalue weighted by molar-refractivity contribution is 6.31. The Balaban J connectivity index is 1.79. The number of carbonyl (C=O) groups is 1. The van der Waals surface area contributed by atoms with Crippen LogP contribution in [-0.4, -0.2) is 15.5 Å². The number of halogens is 2. The molecular formula is C25H23ClFN3O. The molecule has 0 fully saturated rings. The number of imidazole rings is 1. The second-order valence-electron chi connectivity index (χ2n) is 7.81. The maximum atomic E-state index is 14.6. The van der Waals surface area contributed by atoms with Gasteiger partial charge in [-0.3, -0.25) is 4.79 Å². The Labute approximate surface area is 185 Å². The van der Waals surface area contributed by atoms with E-state index < -0.39 is 0 Å². The van der Waals surface area contributed by atoms with E-state index in [1.165, 1.54) is 6.07 Å². The molecule has 3 aromatic carbocycles. The molecule has 4 rings (SSSR count). The van der Waals surface area contributed by atoms with Crippen molar-refractivity contribution in [3.63, 3.8) is 0 Å². The molecule has 0 saturated carbocycles. The van der Waals surface area contributed by atoms with Crippen LogP contribution in [0.1, 0.15) is 41.6 Å². The molecule has 31 heavy (non-hydrogen) atoms. The van der Waals surface area contributed by atoms with E-state index in [1.54, 1.807) is 24.3 Å². The standard InChI is InChI=1S/C25H23ClFN3O/c1-16(2)23(29-25(31)17-9-4-3-5-10-17)24-28-21-13-6-7-14-22(21)30(24)15-18-19(26)11-8-12-20(18)27/h3-14,16,23H,15H2,1-2H3,(H,29,31). The van der Waals surface area contributed by atoms with Crippen LogP contribution in [0.2, 0.25) is 5.02 Å². The minimum absolute atomic E-state index is 0.0549. The Morgan fingerprint density at radius 1 is 1.03 bits per heavy atom. The number of hydrogen-bond donors (Lipinski definition) is 1. The van der Waals surface area contributed by atoms with E-state index in [0.29, 0.717) is 22.0 Å². The molecule has 1 aromatic heterocycles. The number of hydrogen-bond acceptors (Lipinski definition) is 2. The molecule has 0 aliphatic carbocycles. The Morgan fingerprint density at radius 2 is 1.74 bits per heavy atom. The van der Waals surface area contributed by atoms with Gasteiger partial charge in [-0.1, -0.05) is 61.8 Å². The fraction of sp³-hybridized carbons (Fsp3) is 0.200. The van der Waals surface area contributed by atoms with Gasteiger partial charge in [0.25, 0.3) is 5.91 Å². The minimum Gasteiger partial charge on any atom is -0.342 e. The number of nitrogens with zero attached hydrogens (tertiary/aromatic N) is 2. The summed E-state index contributed by atoms with van der Waals surface area (Å²) in [7, 11) is 0. The van der Waals surface area contributed by atoms with Crippen molar-refractivity contribution in [1.29, 1.82) is 0 Å². The molecule has 4 aromatic rings. The third-order valence-electron chi connectivity index (χ3n) is 5.33. The van der Waals surface area contributed by atoms with Crippen LogP contribution in [0.25, 0.3) is 11.0 Å². The topological polar surface area (TPSA) is 46.9 Å². The van der Waals surface area contributed by atoms with Gasteiger partial charge in [-0.05, 0) is 42.3 Å². The van der Waals surface area contributed by atoms with Crippen molar-refractivity contribution in [2.24, 2.45) is 5.92 Å². The largest absolute Gasteiger partial charge is 0.342 e. The molecule has 6 heteroatoms. The van der Waals surface area contributed by atoms with Crippen LogP contribution in [0.3, 0.4) is 0 Å². The average molecular weight is 436 g/mol. The van der Waals surface area contributed by atoms with E-state index in [9.17, 15) is 9.18 Å². The van der Waals surface area contributed by atoms with Crippen molar-refractivity contribution in [2.45, 2.75) is 26.4 Å². The van der Waals surface area contributed by atoms with Crippen LogP contribution < -0.4 is 5.32 Å². The van der Waals surface area contributed by atoms with Crippen LogP contribution in [0, 0.1) is 11.7 Å². The van der Waals surface area contributed by atoms with Crippen molar-refractivity contribution in [3.8, 4) is 0 Å². The zero-order valence-corrected chi connectivity index (χ0v) is 18.1. The number of aromatic nitrogens is 2. The lowest BCUT2D eigenvalue weighted by Crippen LogP contribution is -2.34. The van der Waals surface area contributed by atoms with E-state index in [-0.39, 0.29) is 30.2 Å². The first kappa shape index (κ1) is 21.1. The van der Waals surface area contributed by atoms with Crippen molar-refractivity contribution >= 4 is 28.5 Å². The Bertz CT molecular complexity index is 1200. The van der Waals surface area contributed by atoms with Gasteiger partial charge in [0.1, 0.15) is 11.6 Å². The molecule has 0 saturated heterocycles. The van der Waals surface area contributed by atoms with Gasteiger partial charge in [-0.15, -0.1) is 0 Å². The van der Waals surface area contributed by atoms with Crippen LogP contribution in [-0.2, 0) is 6.54 Å². The Hall–Kier alpha value is -3.18. The molecule has 1 unspecified atom stereocenters. The molecular weight excluding hydrogens is 413 g/mol. The van der Waals surface area contributed by atoms with E-state index in [4.69, 9.17) is 16.6 Å².